The molecular weight excluding hydrogens is 405 g/mol. The van der Waals surface area contributed by atoms with Gasteiger partial charge in [-0.15, -0.1) is 0 Å². The smallest absolute Gasteiger partial charge is 0.181 e. The van der Waals surface area contributed by atoms with E-state index in [0.717, 1.165) is 45.0 Å². The molecule has 0 spiro atoms. The fourth-order valence-corrected chi connectivity index (χ4v) is 3.96. The Hall–Kier alpha value is -4.00. The van der Waals surface area contributed by atoms with Crippen molar-refractivity contribution in [2.24, 2.45) is 0 Å². The maximum Gasteiger partial charge on any atom is 0.181 e. The van der Waals surface area contributed by atoms with Gasteiger partial charge in [0.25, 0.3) is 0 Å². The summed E-state index contributed by atoms with van der Waals surface area (Å²) in [5, 5.41) is 4.29. The number of hydrogen-bond donors (Lipinski definition) is 1. The zero-order chi connectivity index (χ0) is 22.1. The number of fused-ring (bicyclic) bond motifs is 1. The summed E-state index contributed by atoms with van der Waals surface area (Å²) in [5.74, 6) is 1.25. The molecule has 3 heterocycles. The molecule has 160 valence electrons. The van der Waals surface area contributed by atoms with Gasteiger partial charge in [-0.3, -0.25) is 0 Å². The fourth-order valence-electron chi connectivity index (χ4n) is 3.96. The molecule has 1 N–H and O–H groups in total. The Kier molecular flexibility index (Phi) is 5.15. The van der Waals surface area contributed by atoms with Crippen molar-refractivity contribution in [1.29, 1.82) is 0 Å². The first-order valence-electron chi connectivity index (χ1n) is 10.4. The lowest BCUT2D eigenvalue weighted by atomic mass is 10.1. The predicted octanol–water partition coefficient (Wildman–Crippen LogP) is 5.62. The number of rotatable bonds is 6. The minimum Gasteiger partial charge on any atom is -0.444 e. The average molecular weight is 427 g/mol. The van der Waals surface area contributed by atoms with E-state index in [2.05, 4.69) is 20.3 Å². The summed E-state index contributed by atoms with van der Waals surface area (Å²) in [6, 6.07) is 15.2. The first-order valence-corrected chi connectivity index (χ1v) is 10.4. The van der Waals surface area contributed by atoms with Gasteiger partial charge in [-0.1, -0.05) is 30.3 Å². The third-order valence-electron chi connectivity index (χ3n) is 5.64. The average Bonchev–Trinajstić information content (AvgIpc) is 3.46. The molecule has 32 heavy (non-hydrogen) atoms. The van der Waals surface area contributed by atoms with Crippen molar-refractivity contribution in [2.45, 2.75) is 20.4 Å². The summed E-state index contributed by atoms with van der Waals surface area (Å²) < 4.78 is 21.8. The number of aryl methyl sites for hydroxylation is 2. The molecule has 0 bridgehead atoms. The highest BCUT2D eigenvalue weighted by atomic mass is 19.1. The van der Waals surface area contributed by atoms with Crippen LogP contribution in [0.5, 0.6) is 0 Å². The lowest BCUT2D eigenvalue weighted by molar-refractivity contribution is 0.572. The first kappa shape index (κ1) is 19.9. The Morgan fingerprint density at radius 1 is 1.00 bits per heavy atom. The van der Waals surface area contributed by atoms with Crippen molar-refractivity contribution in [3.63, 3.8) is 0 Å². The van der Waals surface area contributed by atoms with Crippen molar-refractivity contribution in [3.8, 4) is 22.6 Å². The molecule has 5 aromatic rings. The minimum absolute atomic E-state index is 0.197. The standard InChI is InChI=1S/C25H22FN5O/c1-16-3-8-21(26)25-20(16)11-17(2)31(25)10-9-28-24-12-22(29-14-30-24)18-4-6-19(7-5-18)23-13-27-15-32-23/h3-8,11-15H,9-10H2,1-2H3,(H,28,29,30). The summed E-state index contributed by atoms with van der Waals surface area (Å²) in [6.07, 6.45) is 4.64. The number of oxazole rings is 1. The fraction of sp³-hybridized carbons (Fsp3) is 0.160. The van der Waals surface area contributed by atoms with Crippen LogP contribution in [0.25, 0.3) is 33.5 Å². The Labute approximate surface area is 184 Å². The van der Waals surface area contributed by atoms with Crippen LogP contribution < -0.4 is 5.32 Å². The molecule has 0 fully saturated rings. The van der Waals surface area contributed by atoms with Gasteiger partial charge in [-0.2, -0.15) is 0 Å². The molecule has 0 saturated carbocycles. The van der Waals surface area contributed by atoms with E-state index in [1.54, 1.807) is 12.5 Å². The van der Waals surface area contributed by atoms with Crippen molar-refractivity contribution in [2.75, 3.05) is 11.9 Å². The van der Waals surface area contributed by atoms with Crippen LogP contribution in [-0.4, -0.2) is 26.1 Å². The number of anilines is 1. The highest BCUT2D eigenvalue weighted by molar-refractivity contribution is 5.85. The van der Waals surface area contributed by atoms with Crippen molar-refractivity contribution in [1.82, 2.24) is 19.5 Å². The van der Waals surface area contributed by atoms with Gasteiger partial charge in [-0.25, -0.2) is 19.3 Å². The SMILES string of the molecule is Cc1ccc(F)c2c1cc(C)n2CCNc1cc(-c2ccc(-c3cnco3)cc2)ncn1. The molecular formula is C25H22FN5O. The van der Waals surface area contributed by atoms with E-state index in [4.69, 9.17) is 4.42 Å². The normalized spacial score (nSPS) is 11.2. The molecule has 0 amide bonds. The summed E-state index contributed by atoms with van der Waals surface area (Å²) in [7, 11) is 0. The van der Waals surface area contributed by atoms with Crippen molar-refractivity contribution >= 4 is 16.7 Å². The minimum atomic E-state index is -0.197. The molecule has 3 aromatic heterocycles. The first-order chi connectivity index (χ1) is 15.6. The van der Waals surface area contributed by atoms with E-state index in [1.807, 2.05) is 60.9 Å². The van der Waals surface area contributed by atoms with Crippen LogP contribution in [-0.2, 0) is 6.54 Å². The summed E-state index contributed by atoms with van der Waals surface area (Å²) in [5.41, 5.74) is 5.51. The highest BCUT2D eigenvalue weighted by Gasteiger charge is 2.12. The van der Waals surface area contributed by atoms with Crippen LogP contribution in [0.4, 0.5) is 10.2 Å². The Morgan fingerprint density at radius 2 is 1.81 bits per heavy atom. The molecule has 6 nitrogen and oxygen atoms in total. The molecule has 0 aliphatic heterocycles. The van der Waals surface area contributed by atoms with E-state index in [-0.39, 0.29) is 5.82 Å². The number of nitrogens with one attached hydrogen (secondary N) is 1. The van der Waals surface area contributed by atoms with Gasteiger partial charge in [0.2, 0.25) is 0 Å². The quantitative estimate of drug-likeness (QED) is 0.381. The maximum absolute atomic E-state index is 14.5. The second-order valence-electron chi connectivity index (χ2n) is 7.72. The number of halogens is 1. The van der Waals surface area contributed by atoms with Crippen LogP contribution in [0.1, 0.15) is 11.3 Å². The molecule has 2 aromatic carbocycles. The Morgan fingerprint density at radius 3 is 2.59 bits per heavy atom. The molecule has 0 aliphatic rings. The summed E-state index contributed by atoms with van der Waals surface area (Å²) in [4.78, 5) is 12.7. The van der Waals surface area contributed by atoms with Crippen LogP contribution in [0, 0.1) is 19.7 Å². The molecule has 0 unspecified atom stereocenters. The van der Waals surface area contributed by atoms with Gasteiger partial charge >= 0.3 is 0 Å². The lowest BCUT2D eigenvalue weighted by Gasteiger charge is -2.11. The highest BCUT2D eigenvalue weighted by Crippen LogP contribution is 2.26. The zero-order valence-corrected chi connectivity index (χ0v) is 17.8. The Bertz CT molecular complexity index is 1370. The van der Waals surface area contributed by atoms with Gasteiger partial charge in [-0.05, 0) is 31.5 Å². The second-order valence-corrected chi connectivity index (χ2v) is 7.72. The summed E-state index contributed by atoms with van der Waals surface area (Å²) >= 11 is 0. The molecule has 7 heteroatoms. The monoisotopic (exact) mass is 427 g/mol. The van der Waals surface area contributed by atoms with Crippen molar-refractivity contribution in [3.05, 3.63) is 84.5 Å². The number of aromatic nitrogens is 4. The largest absolute Gasteiger partial charge is 0.444 e. The number of hydrogen-bond acceptors (Lipinski definition) is 5. The molecule has 0 atom stereocenters. The van der Waals surface area contributed by atoms with E-state index in [0.29, 0.717) is 18.6 Å². The van der Waals surface area contributed by atoms with Gasteiger partial charge in [0.1, 0.15) is 18.0 Å². The topological polar surface area (TPSA) is 68.8 Å². The van der Waals surface area contributed by atoms with E-state index in [9.17, 15) is 4.39 Å². The third-order valence-corrected chi connectivity index (χ3v) is 5.64. The number of benzene rings is 2. The molecule has 5 rings (SSSR count). The second kappa shape index (κ2) is 8.26. The van der Waals surface area contributed by atoms with Crippen LogP contribution in [0.3, 0.4) is 0 Å². The molecule has 0 saturated heterocycles. The number of nitrogens with zero attached hydrogens (tertiary/aromatic N) is 4. The summed E-state index contributed by atoms with van der Waals surface area (Å²) in [6.45, 7) is 5.24. The van der Waals surface area contributed by atoms with Gasteiger partial charge in [0, 0.05) is 41.4 Å². The third kappa shape index (κ3) is 3.73. The lowest BCUT2D eigenvalue weighted by Crippen LogP contribution is -2.13. The van der Waals surface area contributed by atoms with E-state index >= 15 is 0 Å². The molecule has 0 aliphatic carbocycles. The van der Waals surface area contributed by atoms with Crippen LogP contribution in [0.2, 0.25) is 0 Å². The van der Waals surface area contributed by atoms with Crippen molar-refractivity contribution < 1.29 is 8.81 Å². The van der Waals surface area contributed by atoms with E-state index in [1.165, 1.54) is 12.5 Å². The maximum atomic E-state index is 14.5. The predicted molar refractivity (Wildman–Crippen MR) is 123 cm³/mol. The Balaban J connectivity index is 1.31. The van der Waals surface area contributed by atoms with Gasteiger partial charge in [0.05, 0.1) is 17.4 Å². The molecule has 0 radical (unpaired) electrons. The zero-order valence-electron chi connectivity index (χ0n) is 17.8. The van der Waals surface area contributed by atoms with E-state index < -0.39 is 0 Å². The van der Waals surface area contributed by atoms with Gasteiger partial charge < -0.3 is 14.3 Å². The van der Waals surface area contributed by atoms with Crippen LogP contribution >= 0.6 is 0 Å². The van der Waals surface area contributed by atoms with Gasteiger partial charge in [0.15, 0.2) is 12.2 Å². The van der Waals surface area contributed by atoms with Crippen LogP contribution in [0.15, 0.2) is 71.9 Å².